The number of rotatable bonds is 9. The molecule has 0 aliphatic heterocycles. The van der Waals surface area contributed by atoms with Gasteiger partial charge in [0.25, 0.3) is 5.91 Å². The zero-order valence-electron chi connectivity index (χ0n) is 13.8. The molecule has 0 saturated heterocycles. The molecule has 0 spiro atoms. The molecule has 3 N–H and O–H groups in total. The molecule has 7 heteroatoms. The number of amides is 1. The molecule has 0 aliphatic rings. The van der Waals surface area contributed by atoms with E-state index in [2.05, 4.69) is 17.2 Å². The van der Waals surface area contributed by atoms with Gasteiger partial charge in [-0.2, -0.15) is 0 Å². The Bertz CT molecular complexity index is 617. The maximum absolute atomic E-state index is 11.9. The molecule has 1 amide bonds. The highest BCUT2D eigenvalue weighted by Gasteiger charge is 2.09. The normalized spacial score (nSPS) is 10.1. The third kappa shape index (κ3) is 6.47. The van der Waals surface area contributed by atoms with Crippen LogP contribution < -0.4 is 15.8 Å². The number of halogens is 1. The highest BCUT2D eigenvalue weighted by atomic mass is 35.5. The van der Waals surface area contributed by atoms with Gasteiger partial charge in [0.1, 0.15) is 16.5 Å². The minimum atomic E-state index is -0.152. The minimum absolute atomic E-state index is 0. The molecule has 132 valence electrons. The van der Waals surface area contributed by atoms with Crippen molar-refractivity contribution < 1.29 is 9.53 Å². The van der Waals surface area contributed by atoms with Gasteiger partial charge in [0.15, 0.2) is 0 Å². The van der Waals surface area contributed by atoms with Crippen molar-refractivity contribution in [2.45, 2.75) is 32.7 Å². The predicted octanol–water partition coefficient (Wildman–Crippen LogP) is 3.18. The lowest BCUT2D eigenvalue weighted by atomic mass is 10.1. The van der Waals surface area contributed by atoms with Crippen molar-refractivity contribution in [1.29, 1.82) is 0 Å². The number of unbranched alkanes of at least 4 members (excludes halogenated alkanes) is 1. The molecule has 0 saturated carbocycles. The molecule has 1 aromatic heterocycles. The van der Waals surface area contributed by atoms with E-state index in [1.807, 2.05) is 24.3 Å². The van der Waals surface area contributed by atoms with Crippen LogP contribution in [0.3, 0.4) is 0 Å². The second-order valence-electron chi connectivity index (χ2n) is 5.18. The lowest BCUT2D eigenvalue weighted by Gasteiger charge is -2.07. The molecule has 0 unspecified atom stereocenters. The molecule has 0 aliphatic carbocycles. The van der Waals surface area contributed by atoms with E-state index in [0.29, 0.717) is 18.8 Å². The summed E-state index contributed by atoms with van der Waals surface area (Å²) in [5.41, 5.74) is 7.10. The van der Waals surface area contributed by atoms with Gasteiger partial charge in [-0.1, -0.05) is 25.5 Å². The van der Waals surface area contributed by atoms with Crippen LogP contribution in [0.5, 0.6) is 5.75 Å². The topological polar surface area (TPSA) is 77.2 Å². The van der Waals surface area contributed by atoms with Gasteiger partial charge in [-0.3, -0.25) is 4.79 Å². The molecular formula is C17H24ClN3O2S. The van der Waals surface area contributed by atoms with Crippen LogP contribution in [0.15, 0.2) is 29.6 Å². The highest BCUT2D eigenvalue weighted by Crippen LogP contribution is 2.13. The molecule has 24 heavy (non-hydrogen) atoms. The van der Waals surface area contributed by atoms with E-state index in [-0.39, 0.29) is 18.3 Å². The van der Waals surface area contributed by atoms with Gasteiger partial charge >= 0.3 is 0 Å². The van der Waals surface area contributed by atoms with Gasteiger partial charge in [-0.15, -0.1) is 23.7 Å². The van der Waals surface area contributed by atoms with Crippen molar-refractivity contribution in [2.75, 3.05) is 13.2 Å². The molecule has 0 atom stereocenters. The first-order chi connectivity index (χ1) is 11.2. The summed E-state index contributed by atoms with van der Waals surface area (Å²) in [6, 6.07) is 8.01. The summed E-state index contributed by atoms with van der Waals surface area (Å²) >= 11 is 1.41. The number of nitrogens with two attached hydrogens (primary N) is 1. The Labute approximate surface area is 153 Å². The molecule has 1 heterocycles. The van der Waals surface area contributed by atoms with E-state index in [1.165, 1.54) is 11.3 Å². The van der Waals surface area contributed by atoms with E-state index in [9.17, 15) is 4.79 Å². The Morgan fingerprint density at radius 1 is 1.33 bits per heavy atom. The van der Waals surface area contributed by atoms with Crippen LogP contribution in [-0.2, 0) is 13.0 Å². The summed E-state index contributed by atoms with van der Waals surface area (Å²) in [5, 5.41) is 5.38. The summed E-state index contributed by atoms with van der Waals surface area (Å²) in [7, 11) is 0. The highest BCUT2D eigenvalue weighted by molar-refractivity contribution is 7.09. The predicted molar refractivity (Wildman–Crippen MR) is 100 cm³/mol. The smallest absolute Gasteiger partial charge is 0.270 e. The lowest BCUT2D eigenvalue weighted by molar-refractivity contribution is 0.0949. The average molecular weight is 370 g/mol. The summed E-state index contributed by atoms with van der Waals surface area (Å²) < 4.78 is 5.63. The van der Waals surface area contributed by atoms with E-state index < -0.39 is 0 Å². The second kappa shape index (κ2) is 11.0. The quantitative estimate of drug-likeness (QED) is 0.665. The number of thiazole rings is 1. The van der Waals surface area contributed by atoms with Crippen molar-refractivity contribution in [2.24, 2.45) is 5.73 Å². The zero-order valence-corrected chi connectivity index (χ0v) is 15.4. The average Bonchev–Trinajstić information content (AvgIpc) is 3.06. The van der Waals surface area contributed by atoms with Gasteiger partial charge in [-0.05, 0) is 30.5 Å². The van der Waals surface area contributed by atoms with Crippen LogP contribution in [0.4, 0.5) is 0 Å². The van der Waals surface area contributed by atoms with Crippen LogP contribution in [0.25, 0.3) is 0 Å². The lowest BCUT2D eigenvalue weighted by Crippen LogP contribution is -2.26. The van der Waals surface area contributed by atoms with Gasteiger partial charge in [0, 0.05) is 18.5 Å². The van der Waals surface area contributed by atoms with Crippen molar-refractivity contribution in [1.82, 2.24) is 10.3 Å². The fourth-order valence-corrected chi connectivity index (χ4v) is 2.66. The number of carbonyl (C=O) groups is 1. The molecular weight excluding hydrogens is 346 g/mol. The first-order valence-corrected chi connectivity index (χ1v) is 8.75. The fourth-order valence-electron chi connectivity index (χ4n) is 2.01. The Balaban J connectivity index is 0.00000288. The molecule has 5 nitrogen and oxygen atoms in total. The molecule has 2 rings (SSSR count). The standard InChI is InChI=1S/C17H23N3O2S.ClH/c1-2-3-10-22-14-6-4-13(5-7-14)8-9-19-17(21)15-12-23-16(11-18)20-15;/h4-7,12H,2-3,8-11,18H2,1H3,(H,19,21);1H. The maximum Gasteiger partial charge on any atom is 0.270 e. The van der Waals surface area contributed by atoms with E-state index in [4.69, 9.17) is 10.5 Å². The van der Waals surface area contributed by atoms with Crippen molar-refractivity contribution in [3.8, 4) is 5.75 Å². The maximum atomic E-state index is 11.9. The third-order valence-corrected chi connectivity index (χ3v) is 4.22. The molecule has 1 aromatic carbocycles. The van der Waals surface area contributed by atoms with E-state index >= 15 is 0 Å². The number of hydrogen-bond acceptors (Lipinski definition) is 5. The van der Waals surface area contributed by atoms with Crippen LogP contribution in [0.2, 0.25) is 0 Å². The van der Waals surface area contributed by atoms with Crippen LogP contribution >= 0.6 is 23.7 Å². The Morgan fingerprint density at radius 2 is 2.08 bits per heavy atom. The number of carbonyl (C=O) groups excluding carboxylic acids is 1. The number of ether oxygens (including phenoxy) is 1. The van der Waals surface area contributed by atoms with Gasteiger partial charge in [0.2, 0.25) is 0 Å². The summed E-state index contributed by atoms with van der Waals surface area (Å²) in [4.78, 5) is 16.1. The van der Waals surface area contributed by atoms with E-state index in [1.54, 1.807) is 5.38 Å². The molecule has 0 fully saturated rings. The number of nitrogens with zero attached hydrogens (tertiary/aromatic N) is 1. The third-order valence-electron chi connectivity index (χ3n) is 3.35. The van der Waals surface area contributed by atoms with Gasteiger partial charge < -0.3 is 15.8 Å². The Kier molecular flexibility index (Phi) is 9.37. The Morgan fingerprint density at radius 3 is 2.71 bits per heavy atom. The monoisotopic (exact) mass is 369 g/mol. The van der Waals surface area contributed by atoms with Crippen LogP contribution in [0, 0.1) is 0 Å². The minimum Gasteiger partial charge on any atom is -0.494 e. The number of hydrogen-bond donors (Lipinski definition) is 2. The number of nitrogens with one attached hydrogen (secondary N) is 1. The Hall–Kier alpha value is -1.63. The van der Waals surface area contributed by atoms with Gasteiger partial charge in [-0.25, -0.2) is 4.98 Å². The van der Waals surface area contributed by atoms with Gasteiger partial charge in [0.05, 0.1) is 6.61 Å². The van der Waals surface area contributed by atoms with Crippen LogP contribution in [-0.4, -0.2) is 24.0 Å². The largest absolute Gasteiger partial charge is 0.494 e. The van der Waals surface area contributed by atoms with E-state index in [0.717, 1.165) is 42.2 Å². The summed E-state index contributed by atoms with van der Waals surface area (Å²) in [6.07, 6.45) is 2.97. The fraction of sp³-hybridized carbons (Fsp3) is 0.412. The summed E-state index contributed by atoms with van der Waals surface area (Å²) in [5.74, 6) is 0.739. The number of benzene rings is 1. The second-order valence-corrected chi connectivity index (χ2v) is 6.13. The summed E-state index contributed by atoms with van der Waals surface area (Å²) in [6.45, 7) is 3.84. The first-order valence-electron chi connectivity index (χ1n) is 7.87. The molecule has 0 radical (unpaired) electrons. The molecule has 0 bridgehead atoms. The van der Waals surface area contributed by atoms with Crippen molar-refractivity contribution in [3.63, 3.8) is 0 Å². The van der Waals surface area contributed by atoms with Crippen molar-refractivity contribution in [3.05, 3.63) is 45.9 Å². The van der Waals surface area contributed by atoms with Crippen LogP contribution in [0.1, 0.15) is 40.8 Å². The van der Waals surface area contributed by atoms with Crippen molar-refractivity contribution >= 4 is 29.7 Å². The number of aromatic nitrogens is 1. The molecule has 2 aromatic rings. The SMILES string of the molecule is CCCCOc1ccc(CCNC(=O)c2csc(CN)n2)cc1.Cl. The zero-order chi connectivity index (χ0) is 16.5. The first kappa shape index (κ1) is 20.4.